The molecule has 187 valence electrons. The smallest absolute Gasteiger partial charge is 0.170 e. The average molecular weight is 545 g/mol. The number of halogens is 3. The van der Waals surface area contributed by atoms with E-state index in [1.54, 1.807) is 12.1 Å². The van der Waals surface area contributed by atoms with E-state index in [0.29, 0.717) is 56.3 Å². The zero-order chi connectivity index (χ0) is 25.8. The van der Waals surface area contributed by atoms with Crippen LogP contribution in [0.25, 0.3) is 28.2 Å². The Kier molecular flexibility index (Phi) is 6.42. The number of hydroxylamine groups is 2. The number of anilines is 1. The summed E-state index contributed by atoms with van der Waals surface area (Å²) in [5.41, 5.74) is 1.73. The molecule has 5 rings (SSSR count). The largest absolute Gasteiger partial charge is 0.365 e. The Morgan fingerprint density at radius 3 is 2.19 bits per heavy atom. The van der Waals surface area contributed by atoms with Gasteiger partial charge in [0.1, 0.15) is 12.2 Å². The fraction of sp³-hybridized carbons (Fsp3) is 0.346. The topological polar surface area (TPSA) is 78.8 Å². The number of hydrogen-bond acceptors (Lipinski definition) is 5. The molecule has 4 aromatic rings. The summed E-state index contributed by atoms with van der Waals surface area (Å²) in [6.45, 7) is 7.89. The van der Waals surface area contributed by atoms with E-state index < -0.39 is 11.1 Å². The highest BCUT2D eigenvalue weighted by atomic mass is 35.5. The molecule has 1 radical (unpaired) electrons. The lowest BCUT2D eigenvalue weighted by Crippen LogP contribution is -2.60. The van der Waals surface area contributed by atoms with Crippen molar-refractivity contribution < 1.29 is 5.21 Å². The van der Waals surface area contributed by atoms with Gasteiger partial charge in [-0.1, -0.05) is 34.8 Å². The second kappa shape index (κ2) is 9.15. The number of aromatic nitrogens is 4. The Morgan fingerprint density at radius 1 is 0.917 bits per heavy atom. The average Bonchev–Trinajstić information content (AvgIpc) is 3.18. The summed E-state index contributed by atoms with van der Waals surface area (Å²) < 4.78 is 1.93. The number of hydrogen-bond donors (Lipinski definition) is 1. The van der Waals surface area contributed by atoms with E-state index in [9.17, 15) is 5.21 Å². The van der Waals surface area contributed by atoms with Gasteiger partial charge in [-0.2, -0.15) is 0 Å². The van der Waals surface area contributed by atoms with Crippen LogP contribution >= 0.6 is 34.8 Å². The molecule has 1 saturated heterocycles. The minimum atomic E-state index is -0.518. The third kappa shape index (κ3) is 4.55. The highest BCUT2D eigenvalue weighted by Gasteiger charge is 2.46. The fourth-order valence-corrected chi connectivity index (χ4v) is 5.86. The number of imidazole rings is 1. The number of piperidine rings is 1. The number of nitrogens with zero attached hydrogens (tertiary/aromatic N) is 5. The molecule has 1 N–H and O–H groups in total. The van der Waals surface area contributed by atoms with Gasteiger partial charge >= 0.3 is 0 Å². The maximum Gasteiger partial charge on any atom is 0.170 e. The predicted molar refractivity (Wildman–Crippen MR) is 144 cm³/mol. The fourth-order valence-electron chi connectivity index (χ4n) is 5.24. The van der Waals surface area contributed by atoms with Crippen LogP contribution < -0.4 is 5.32 Å². The van der Waals surface area contributed by atoms with Crippen LogP contribution in [0.2, 0.25) is 15.1 Å². The van der Waals surface area contributed by atoms with Crippen molar-refractivity contribution in [3.05, 3.63) is 63.9 Å². The Morgan fingerprint density at radius 2 is 1.56 bits per heavy atom. The van der Waals surface area contributed by atoms with E-state index >= 15 is 0 Å². The molecule has 0 spiro atoms. The molecule has 0 atom stereocenters. The van der Waals surface area contributed by atoms with Gasteiger partial charge in [-0.3, -0.25) is 4.57 Å². The standard InChI is InChI=1S/C26H26Cl3N6O/c1-25(2)12-17(13-26(3,4)35(25)36)32-22-21-24(31-14-30-22)34(18-8-5-15(27)6-9-18)23(33-21)19-10-7-16(28)11-20(19)29/h5-11,14,17H,12-13H2,1-4H3,(H,30,31,32). The molecule has 1 aliphatic rings. The van der Waals surface area contributed by atoms with Crippen molar-refractivity contribution in [1.29, 1.82) is 0 Å². The van der Waals surface area contributed by atoms with E-state index in [1.807, 2.05) is 62.6 Å². The summed E-state index contributed by atoms with van der Waals surface area (Å²) in [7, 11) is 0. The maximum atomic E-state index is 12.8. The molecular formula is C26H26Cl3N6O. The molecule has 0 amide bonds. The van der Waals surface area contributed by atoms with Crippen molar-refractivity contribution in [3.8, 4) is 17.1 Å². The molecule has 0 bridgehead atoms. The minimum Gasteiger partial charge on any atom is -0.365 e. The van der Waals surface area contributed by atoms with E-state index in [4.69, 9.17) is 39.8 Å². The van der Waals surface area contributed by atoms with Crippen molar-refractivity contribution in [1.82, 2.24) is 24.6 Å². The van der Waals surface area contributed by atoms with Gasteiger partial charge in [0.25, 0.3) is 0 Å². The van der Waals surface area contributed by atoms with Gasteiger partial charge in [0.05, 0.1) is 5.02 Å². The number of benzene rings is 2. The van der Waals surface area contributed by atoms with Gasteiger partial charge in [0.15, 0.2) is 17.0 Å². The molecule has 2 aromatic heterocycles. The molecule has 36 heavy (non-hydrogen) atoms. The normalized spacial score (nSPS) is 18.0. The van der Waals surface area contributed by atoms with Gasteiger partial charge in [-0.15, -0.1) is 10.3 Å². The SMILES string of the molecule is CC1(C)CC(Nc2ncnc3c2nc(-c2ccc(Cl)cc2Cl)n3-c2ccc(Cl)cc2)CC(C)(C)N1[O]. The van der Waals surface area contributed by atoms with Gasteiger partial charge in [-0.05, 0) is 83.0 Å². The summed E-state index contributed by atoms with van der Waals surface area (Å²) in [5.74, 6) is 1.21. The maximum absolute atomic E-state index is 12.8. The molecule has 7 nitrogen and oxygen atoms in total. The van der Waals surface area contributed by atoms with Crippen molar-refractivity contribution >= 4 is 51.8 Å². The zero-order valence-electron chi connectivity index (χ0n) is 20.4. The predicted octanol–water partition coefficient (Wildman–Crippen LogP) is 7.22. The lowest BCUT2D eigenvalue weighted by molar-refractivity contribution is -0.288. The van der Waals surface area contributed by atoms with Crippen LogP contribution in [0.15, 0.2) is 48.8 Å². The van der Waals surface area contributed by atoms with Gasteiger partial charge in [0.2, 0.25) is 0 Å². The van der Waals surface area contributed by atoms with Crippen molar-refractivity contribution in [3.63, 3.8) is 0 Å². The Hall–Kier alpha value is -2.42. The molecule has 0 saturated carbocycles. The summed E-state index contributed by atoms with van der Waals surface area (Å²) >= 11 is 18.9. The highest BCUT2D eigenvalue weighted by Crippen LogP contribution is 2.39. The summed E-state index contributed by atoms with van der Waals surface area (Å²) in [4.78, 5) is 14.1. The monoisotopic (exact) mass is 543 g/mol. The first-order valence-electron chi connectivity index (χ1n) is 11.7. The summed E-state index contributed by atoms with van der Waals surface area (Å²) in [6, 6.07) is 12.8. The minimum absolute atomic E-state index is 0.0292. The number of nitrogens with one attached hydrogen (secondary N) is 1. The molecule has 1 fully saturated rings. The second-order valence-corrected chi connectivity index (χ2v) is 11.7. The van der Waals surface area contributed by atoms with Crippen LogP contribution in [0.5, 0.6) is 0 Å². The first-order chi connectivity index (χ1) is 17.0. The van der Waals surface area contributed by atoms with E-state index in [-0.39, 0.29) is 6.04 Å². The Labute approximate surface area is 225 Å². The molecule has 2 aromatic carbocycles. The Bertz CT molecular complexity index is 1420. The van der Waals surface area contributed by atoms with Gasteiger partial charge in [-0.25, -0.2) is 15.0 Å². The van der Waals surface area contributed by atoms with Crippen LogP contribution in [-0.2, 0) is 5.21 Å². The van der Waals surface area contributed by atoms with Gasteiger partial charge in [0, 0.05) is 38.4 Å². The second-order valence-electron chi connectivity index (χ2n) is 10.4. The van der Waals surface area contributed by atoms with Gasteiger partial charge < -0.3 is 5.32 Å². The van der Waals surface area contributed by atoms with E-state index in [1.165, 1.54) is 11.4 Å². The van der Waals surface area contributed by atoms with E-state index in [2.05, 4.69) is 15.3 Å². The van der Waals surface area contributed by atoms with Crippen LogP contribution in [0.3, 0.4) is 0 Å². The lowest BCUT2D eigenvalue weighted by atomic mass is 9.79. The van der Waals surface area contributed by atoms with E-state index in [0.717, 1.165) is 5.69 Å². The zero-order valence-corrected chi connectivity index (χ0v) is 22.7. The highest BCUT2D eigenvalue weighted by molar-refractivity contribution is 6.36. The Balaban J connectivity index is 1.65. The quantitative estimate of drug-likeness (QED) is 0.293. The van der Waals surface area contributed by atoms with Crippen molar-refractivity contribution in [2.24, 2.45) is 0 Å². The summed E-state index contributed by atoms with van der Waals surface area (Å²) in [6.07, 6.45) is 2.85. The molecule has 1 aliphatic heterocycles. The van der Waals surface area contributed by atoms with Crippen LogP contribution in [0.4, 0.5) is 5.82 Å². The molecule has 0 unspecified atom stereocenters. The molecule has 10 heteroatoms. The molecule has 3 heterocycles. The van der Waals surface area contributed by atoms with Crippen molar-refractivity contribution in [2.75, 3.05) is 5.32 Å². The molecular weight excluding hydrogens is 519 g/mol. The van der Waals surface area contributed by atoms with Crippen LogP contribution in [-0.4, -0.2) is 41.7 Å². The van der Waals surface area contributed by atoms with Crippen molar-refractivity contribution in [2.45, 2.75) is 57.7 Å². The lowest BCUT2D eigenvalue weighted by Gasteiger charge is -2.50. The first-order valence-corrected chi connectivity index (χ1v) is 12.8. The van der Waals surface area contributed by atoms with Crippen LogP contribution in [0, 0.1) is 0 Å². The molecule has 0 aliphatic carbocycles. The first kappa shape index (κ1) is 25.2. The third-order valence-corrected chi connectivity index (χ3v) is 7.43. The number of fused-ring (bicyclic) bond motifs is 1. The number of rotatable bonds is 4. The van der Waals surface area contributed by atoms with Crippen LogP contribution in [0.1, 0.15) is 40.5 Å². The third-order valence-electron chi connectivity index (χ3n) is 6.63. The summed E-state index contributed by atoms with van der Waals surface area (Å²) in [5, 5.41) is 19.3.